The summed E-state index contributed by atoms with van der Waals surface area (Å²) in [5, 5.41) is 10.1. The number of hydrogen-bond donors (Lipinski definition) is 3. The highest BCUT2D eigenvalue weighted by atomic mass is 32.2. The SMILES string of the molecule is Nc1cc(=O)[nH]c(Sc2ncccc2CO)n1. The molecule has 6 nitrogen and oxygen atoms in total. The van der Waals surface area contributed by atoms with Crippen molar-refractivity contribution in [1.82, 2.24) is 15.0 Å². The van der Waals surface area contributed by atoms with Crippen molar-refractivity contribution in [1.29, 1.82) is 0 Å². The number of nitrogens with zero attached hydrogens (tertiary/aromatic N) is 2. The Morgan fingerprint density at radius 3 is 3.06 bits per heavy atom. The highest BCUT2D eigenvalue weighted by Gasteiger charge is 2.07. The molecule has 88 valence electrons. The number of pyridine rings is 1. The third-order valence-corrected chi connectivity index (χ3v) is 2.90. The van der Waals surface area contributed by atoms with E-state index >= 15 is 0 Å². The molecule has 0 radical (unpaired) electrons. The molecule has 2 aromatic heterocycles. The van der Waals surface area contributed by atoms with Crippen molar-refractivity contribution < 1.29 is 5.11 Å². The Balaban J connectivity index is 2.34. The topological polar surface area (TPSA) is 105 Å². The van der Waals surface area contributed by atoms with Gasteiger partial charge in [0.2, 0.25) is 0 Å². The van der Waals surface area contributed by atoms with Gasteiger partial charge >= 0.3 is 0 Å². The molecule has 0 aliphatic rings. The second-order valence-corrected chi connectivity index (χ2v) is 4.18. The van der Waals surface area contributed by atoms with Crippen LogP contribution in [0.3, 0.4) is 0 Å². The van der Waals surface area contributed by atoms with Gasteiger partial charge in [-0.3, -0.25) is 4.79 Å². The van der Waals surface area contributed by atoms with E-state index in [0.29, 0.717) is 15.7 Å². The molecule has 2 rings (SSSR count). The van der Waals surface area contributed by atoms with Crippen LogP contribution < -0.4 is 11.3 Å². The first-order valence-corrected chi connectivity index (χ1v) is 5.60. The highest BCUT2D eigenvalue weighted by Crippen LogP contribution is 2.25. The third kappa shape index (κ3) is 2.83. The maximum atomic E-state index is 11.2. The quantitative estimate of drug-likeness (QED) is 0.681. The van der Waals surface area contributed by atoms with Crippen LogP contribution in [-0.4, -0.2) is 20.1 Å². The molecule has 4 N–H and O–H groups in total. The second kappa shape index (κ2) is 4.98. The smallest absolute Gasteiger partial charge is 0.253 e. The van der Waals surface area contributed by atoms with Crippen molar-refractivity contribution in [2.75, 3.05) is 5.73 Å². The van der Waals surface area contributed by atoms with Gasteiger partial charge in [-0.2, -0.15) is 0 Å². The number of rotatable bonds is 3. The van der Waals surface area contributed by atoms with Crippen molar-refractivity contribution in [2.45, 2.75) is 16.8 Å². The normalized spacial score (nSPS) is 10.4. The molecular formula is C10H10N4O2S. The molecule has 0 saturated carbocycles. The van der Waals surface area contributed by atoms with Gasteiger partial charge in [-0.15, -0.1) is 0 Å². The Labute approximate surface area is 101 Å². The maximum absolute atomic E-state index is 11.2. The minimum absolute atomic E-state index is 0.122. The van der Waals surface area contributed by atoms with E-state index in [0.717, 1.165) is 11.8 Å². The average molecular weight is 250 g/mol. The summed E-state index contributed by atoms with van der Waals surface area (Å²) < 4.78 is 0. The number of nitrogens with one attached hydrogen (secondary N) is 1. The van der Waals surface area contributed by atoms with Crippen LogP contribution in [0.2, 0.25) is 0 Å². The second-order valence-electron chi connectivity index (χ2n) is 3.20. The molecule has 0 unspecified atom stereocenters. The lowest BCUT2D eigenvalue weighted by molar-refractivity contribution is 0.278. The predicted molar refractivity (Wildman–Crippen MR) is 63.6 cm³/mol. The third-order valence-electron chi connectivity index (χ3n) is 1.95. The average Bonchev–Trinajstić information content (AvgIpc) is 2.28. The summed E-state index contributed by atoms with van der Waals surface area (Å²) in [6.45, 7) is -0.122. The number of H-pyrrole nitrogens is 1. The van der Waals surface area contributed by atoms with E-state index in [2.05, 4.69) is 15.0 Å². The number of nitrogens with two attached hydrogens (primary N) is 1. The van der Waals surface area contributed by atoms with Crippen LogP contribution >= 0.6 is 11.8 Å². The lowest BCUT2D eigenvalue weighted by Gasteiger charge is -2.04. The van der Waals surface area contributed by atoms with E-state index in [-0.39, 0.29) is 18.0 Å². The Kier molecular flexibility index (Phi) is 3.40. The lowest BCUT2D eigenvalue weighted by Crippen LogP contribution is -2.09. The van der Waals surface area contributed by atoms with Gasteiger partial charge in [-0.1, -0.05) is 6.07 Å². The number of hydrogen-bond acceptors (Lipinski definition) is 6. The van der Waals surface area contributed by atoms with Gasteiger partial charge in [0.15, 0.2) is 5.16 Å². The van der Waals surface area contributed by atoms with Crippen LogP contribution in [0.25, 0.3) is 0 Å². The van der Waals surface area contributed by atoms with Crippen molar-refractivity contribution in [3.8, 4) is 0 Å². The van der Waals surface area contributed by atoms with E-state index in [1.54, 1.807) is 18.3 Å². The van der Waals surface area contributed by atoms with E-state index in [4.69, 9.17) is 10.8 Å². The molecule has 17 heavy (non-hydrogen) atoms. The fraction of sp³-hybridized carbons (Fsp3) is 0.100. The Hall–Kier alpha value is -1.86. The summed E-state index contributed by atoms with van der Waals surface area (Å²) in [7, 11) is 0. The van der Waals surface area contributed by atoms with Gasteiger partial charge < -0.3 is 15.8 Å². The van der Waals surface area contributed by atoms with Crippen LogP contribution in [0.15, 0.2) is 39.4 Å². The molecular weight excluding hydrogens is 240 g/mol. The molecule has 0 saturated heterocycles. The molecule has 0 aliphatic carbocycles. The Morgan fingerprint density at radius 2 is 2.35 bits per heavy atom. The molecule has 0 bridgehead atoms. The number of nitrogen functional groups attached to an aromatic ring is 1. The molecule has 7 heteroatoms. The van der Waals surface area contributed by atoms with E-state index in [1.807, 2.05) is 0 Å². The fourth-order valence-corrected chi connectivity index (χ4v) is 2.09. The largest absolute Gasteiger partial charge is 0.392 e. The van der Waals surface area contributed by atoms with Gasteiger partial charge in [0, 0.05) is 17.8 Å². The lowest BCUT2D eigenvalue weighted by atomic mass is 10.3. The molecule has 2 heterocycles. The zero-order valence-electron chi connectivity index (χ0n) is 8.75. The molecule has 2 aromatic rings. The summed E-state index contributed by atoms with van der Waals surface area (Å²) >= 11 is 1.15. The van der Waals surface area contributed by atoms with Crippen LogP contribution in [0.1, 0.15) is 5.56 Å². The predicted octanol–water partition coefficient (Wildman–Crippen LogP) is 0.391. The van der Waals surface area contributed by atoms with Gasteiger partial charge in [0.25, 0.3) is 5.56 Å². The maximum Gasteiger partial charge on any atom is 0.253 e. The minimum Gasteiger partial charge on any atom is -0.392 e. The summed E-state index contributed by atoms with van der Waals surface area (Å²) in [6.07, 6.45) is 1.60. The summed E-state index contributed by atoms with van der Waals surface area (Å²) in [6, 6.07) is 4.68. The Morgan fingerprint density at radius 1 is 1.53 bits per heavy atom. The molecule has 0 aliphatic heterocycles. The summed E-state index contributed by atoms with van der Waals surface area (Å²) in [5.74, 6) is 0.151. The molecule has 0 amide bonds. The van der Waals surface area contributed by atoms with Crippen LogP contribution in [-0.2, 0) is 6.61 Å². The van der Waals surface area contributed by atoms with Crippen molar-refractivity contribution in [2.24, 2.45) is 0 Å². The zero-order valence-corrected chi connectivity index (χ0v) is 9.57. The van der Waals surface area contributed by atoms with E-state index in [9.17, 15) is 4.79 Å². The first-order valence-electron chi connectivity index (χ1n) is 4.78. The number of aromatic nitrogens is 3. The summed E-state index contributed by atoms with van der Waals surface area (Å²) in [4.78, 5) is 21.8. The van der Waals surface area contributed by atoms with Crippen LogP contribution in [0.5, 0.6) is 0 Å². The highest BCUT2D eigenvalue weighted by molar-refractivity contribution is 7.99. The van der Waals surface area contributed by atoms with Gasteiger partial charge in [0.05, 0.1) is 6.61 Å². The fourth-order valence-electron chi connectivity index (χ4n) is 1.23. The van der Waals surface area contributed by atoms with Crippen molar-refractivity contribution in [3.63, 3.8) is 0 Å². The van der Waals surface area contributed by atoms with Gasteiger partial charge in [-0.05, 0) is 17.8 Å². The van der Waals surface area contributed by atoms with Crippen LogP contribution in [0.4, 0.5) is 5.82 Å². The van der Waals surface area contributed by atoms with E-state index in [1.165, 1.54) is 6.07 Å². The molecule has 0 spiro atoms. The number of aliphatic hydroxyl groups excluding tert-OH is 1. The van der Waals surface area contributed by atoms with Gasteiger partial charge in [-0.25, -0.2) is 9.97 Å². The standard InChI is InChI=1S/C10H10N4O2S/c11-7-4-8(16)14-10(13-7)17-9-6(5-15)2-1-3-12-9/h1-4,15H,5H2,(H3,11,13,14,16). The monoisotopic (exact) mass is 250 g/mol. The van der Waals surface area contributed by atoms with Gasteiger partial charge in [0.1, 0.15) is 10.8 Å². The van der Waals surface area contributed by atoms with Crippen molar-refractivity contribution in [3.05, 3.63) is 40.3 Å². The number of aromatic amines is 1. The number of anilines is 1. The van der Waals surface area contributed by atoms with E-state index < -0.39 is 0 Å². The summed E-state index contributed by atoms with van der Waals surface area (Å²) in [5.41, 5.74) is 5.82. The van der Waals surface area contributed by atoms with Crippen LogP contribution in [0, 0.1) is 0 Å². The number of aliphatic hydroxyl groups is 1. The molecule has 0 aromatic carbocycles. The first-order chi connectivity index (χ1) is 8.19. The van der Waals surface area contributed by atoms with Crippen molar-refractivity contribution >= 4 is 17.6 Å². The zero-order chi connectivity index (χ0) is 12.3. The first kappa shape index (κ1) is 11.6. The Bertz CT molecular complexity index is 585. The minimum atomic E-state index is -0.318. The molecule has 0 atom stereocenters. The molecule has 0 fully saturated rings.